The molecule has 3 aliphatic rings. The van der Waals surface area contributed by atoms with Crippen molar-refractivity contribution >= 4 is 12.1 Å². The number of esters is 1. The fourth-order valence-electron chi connectivity index (χ4n) is 9.33. The molecule has 352 valence electrons. The van der Waals surface area contributed by atoms with Crippen LogP contribution in [0.3, 0.4) is 0 Å². The SMILES string of the molecule is CC[C@H]1OC(=O)[C@H](C)[C@@H](O[C@H]2C[C@@](C)(OC)[C@@H](OC(=O)NNC(C)(C)C)[C@H](C)O2)[C@H](C)[C@@H](O[C@@H]2O[C@H](C)C[C@H](N(C)C)[C@H]2O)[C@](C)(O)C[C@@H](C)CN(C)[C@H](C)[C@@H](O)[C@]1(C)O. The summed E-state index contributed by atoms with van der Waals surface area (Å²) >= 11 is 0. The minimum Gasteiger partial charge on any atom is -0.459 e. The molecule has 0 spiro atoms. The summed E-state index contributed by atoms with van der Waals surface area (Å²) in [5, 5.41) is 47.7. The first-order chi connectivity index (χ1) is 27.5. The highest BCUT2D eigenvalue weighted by molar-refractivity contribution is 5.73. The largest absolute Gasteiger partial charge is 0.459 e. The molecule has 3 fully saturated rings. The van der Waals surface area contributed by atoms with E-state index in [1.807, 2.05) is 72.5 Å². The molecule has 60 heavy (non-hydrogen) atoms. The zero-order valence-electron chi connectivity index (χ0n) is 39.6. The number of hydrazine groups is 1. The molecule has 3 aliphatic heterocycles. The maximum Gasteiger partial charge on any atom is 0.422 e. The van der Waals surface area contributed by atoms with Gasteiger partial charge >= 0.3 is 12.1 Å². The Labute approximate surface area is 359 Å². The molecule has 0 radical (unpaired) electrons. The molecule has 17 nitrogen and oxygen atoms in total. The molecule has 17 heteroatoms. The Kier molecular flexibility index (Phi) is 18.3. The van der Waals surface area contributed by atoms with Gasteiger partial charge in [-0.05, 0) is 116 Å². The number of carbonyl (C=O) groups is 2. The van der Waals surface area contributed by atoms with Crippen molar-refractivity contribution in [1.29, 1.82) is 0 Å². The second-order valence-electron chi connectivity index (χ2n) is 20.0. The predicted octanol–water partition coefficient (Wildman–Crippen LogP) is 2.94. The summed E-state index contributed by atoms with van der Waals surface area (Å²) in [5.74, 6) is -2.75. The number of hydrogen-bond donors (Lipinski definition) is 6. The first-order valence-electron chi connectivity index (χ1n) is 21.8. The van der Waals surface area contributed by atoms with Crippen LogP contribution < -0.4 is 10.9 Å². The second kappa shape index (κ2) is 20.8. The third-order valence-corrected chi connectivity index (χ3v) is 12.9. The molecular weight excluding hydrogens is 780 g/mol. The normalized spacial score (nSPS) is 44.7. The molecule has 0 aliphatic carbocycles. The number of rotatable bonds is 9. The van der Waals surface area contributed by atoms with E-state index in [-0.39, 0.29) is 37.3 Å². The van der Waals surface area contributed by atoms with Crippen LogP contribution in [0, 0.1) is 17.8 Å². The van der Waals surface area contributed by atoms with E-state index in [2.05, 4.69) is 10.9 Å². The van der Waals surface area contributed by atoms with Gasteiger partial charge in [0.05, 0.1) is 35.9 Å². The average Bonchev–Trinajstić information content (AvgIpc) is 3.14. The molecule has 3 rings (SSSR count). The lowest BCUT2D eigenvalue weighted by molar-refractivity contribution is -0.317. The topological polar surface area (TPSA) is 210 Å². The number of methoxy groups -OCH3 is 1. The first kappa shape index (κ1) is 52.6. The van der Waals surface area contributed by atoms with Crippen LogP contribution >= 0.6 is 0 Å². The Morgan fingerprint density at radius 2 is 1.60 bits per heavy atom. The van der Waals surface area contributed by atoms with E-state index in [1.54, 1.807) is 41.5 Å². The maximum atomic E-state index is 14.4. The number of nitrogens with zero attached hydrogens (tertiary/aromatic N) is 2. The van der Waals surface area contributed by atoms with Gasteiger partial charge in [-0.1, -0.05) is 20.8 Å². The lowest BCUT2D eigenvalue weighted by atomic mass is 9.77. The van der Waals surface area contributed by atoms with Crippen molar-refractivity contribution in [2.75, 3.05) is 34.8 Å². The van der Waals surface area contributed by atoms with E-state index in [9.17, 15) is 30.0 Å². The lowest BCUT2D eigenvalue weighted by Crippen LogP contribution is -2.61. The number of likely N-dealkylation sites (N-methyl/N-ethyl adjacent to an activating group) is 2. The second-order valence-corrected chi connectivity index (χ2v) is 20.0. The van der Waals surface area contributed by atoms with Crippen molar-refractivity contribution in [1.82, 2.24) is 20.7 Å². The highest BCUT2D eigenvalue weighted by Crippen LogP contribution is 2.41. The number of carbonyl (C=O) groups excluding carboxylic acids is 2. The Morgan fingerprint density at radius 1 is 0.983 bits per heavy atom. The van der Waals surface area contributed by atoms with Gasteiger partial charge < -0.3 is 63.4 Å². The molecule has 0 aromatic rings. The van der Waals surface area contributed by atoms with Crippen molar-refractivity contribution in [2.24, 2.45) is 17.8 Å². The molecule has 0 aromatic heterocycles. The molecular formula is C43H82N4O13. The highest BCUT2D eigenvalue weighted by Gasteiger charge is 2.54. The molecule has 6 N–H and O–H groups in total. The fourth-order valence-corrected chi connectivity index (χ4v) is 9.33. The molecule has 3 saturated heterocycles. The number of nitrogens with one attached hydrogen (secondary N) is 2. The van der Waals surface area contributed by atoms with Gasteiger partial charge in [-0.3, -0.25) is 10.2 Å². The van der Waals surface area contributed by atoms with Gasteiger partial charge in [0.1, 0.15) is 29.5 Å². The van der Waals surface area contributed by atoms with E-state index < -0.39 is 108 Å². The molecule has 3 heterocycles. The quantitative estimate of drug-likeness (QED) is 0.145. The Bertz CT molecular complexity index is 1380. The van der Waals surface area contributed by atoms with E-state index >= 15 is 0 Å². The van der Waals surface area contributed by atoms with Gasteiger partial charge in [-0.15, -0.1) is 0 Å². The molecule has 0 saturated carbocycles. The third-order valence-electron chi connectivity index (χ3n) is 12.9. The zero-order valence-corrected chi connectivity index (χ0v) is 39.6. The van der Waals surface area contributed by atoms with E-state index in [0.29, 0.717) is 13.0 Å². The highest BCUT2D eigenvalue weighted by atomic mass is 16.7. The van der Waals surface area contributed by atoms with Gasteiger partial charge in [0.25, 0.3) is 0 Å². The smallest absolute Gasteiger partial charge is 0.422 e. The number of aliphatic hydroxyl groups is 4. The standard InChI is InChI=1S/C43H82N4O13/c1-18-30-43(13,53)34(49)27(6)47(16)22-23(2)20-41(11,52)35(59-38-32(48)29(46(14)15)19-24(3)55-38)25(4)33(26(5)37(50)57-30)58-31-21-42(12,54-17)36(28(7)56-31)60-39(51)44-45-40(8,9)10/h23-36,38,45,48-49,52-53H,18-22H2,1-17H3,(H,44,51)/t23-,24-,25+,26-,27-,28+,29+,30-,31+,32-,33+,34-,35-,36+,38+,41-,42-,43-/m1/s1. The average molecular weight is 863 g/mol. The number of amides is 1. The van der Waals surface area contributed by atoms with Gasteiger partial charge in [-0.25, -0.2) is 10.2 Å². The number of cyclic esters (lactones) is 1. The first-order valence-corrected chi connectivity index (χ1v) is 21.8. The number of hydrogen-bond acceptors (Lipinski definition) is 16. The van der Waals surface area contributed by atoms with Gasteiger partial charge in [-0.2, -0.15) is 0 Å². The minimum absolute atomic E-state index is 0.0671. The predicted molar refractivity (Wildman–Crippen MR) is 224 cm³/mol. The van der Waals surface area contributed by atoms with E-state index in [0.717, 1.165) is 0 Å². The summed E-state index contributed by atoms with van der Waals surface area (Å²) in [5.41, 5.74) is 0.493. The van der Waals surface area contributed by atoms with Crippen molar-refractivity contribution in [2.45, 2.75) is 212 Å². The summed E-state index contributed by atoms with van der Waals surface area (Å²) in [4.78, 5) is 31.2. The van der Waals surface area contributed by atoms with Crippen LogP contribution in [0.15, 0.2) is 0 Å². The summed E-state index contributed by atoms with van der Waals surface area (Å²) in [7, 11) is 7.10. The van der Waals surface area contributed by atoms with Crippen LogP contribution in [0.4, 0.5) is 4.79 Å². The monoisotopic (exact) mass is 863 g/mol. The van der Waals surface area contributed by atoms with Gasteiger partial charge in [0.2, 0.25) is 0 Å². The van der Waals surface area contributed by atoms with Crippen LogP contribution in [0.25, 0.3) is 0 Å². The Balaban J connectivity index is 2.14. The summed E-state index contributed by atoms with van der Waals surface area (Å²) in [6, 6.07) is -0.860. The molecule has 1 amide bonds. The van der Waals surface area contributed by atoms with Gasteiger partial charge in [0, 0.05) is 43.6 Å². The van der Waals surface area contributed by atoms with Crippen LogP contribution in [-0.2, 0) is 38.0 Å². The Morgan fingerprint density at radius 3 is 2.15 bits per heavy atom. The van der Waals surface area contributed by atoms with E-state index in [4.69, 9.17) is 33.2 Å². The van der Waals surface area contributed by atoms with Crippen molar-refractivity contribution < 1.29 is 63.2 Å². The molecule has 0 aromatic carbocycles. The molecule has 18 atom stereocenters. The van der Waals surface area contributed by atoms with Crippen LogP contribution in [0.1, 0.15) is 116 Å². The lowest BCUT2D eigenvalue weighted by Gasteiger charge is -2.49. The van der Waals surface area contributed by atoms with Crippen molar-refractivity contribution in [3.63, 3.8) is 0 Å². The third kappa shape index (κ3) is 12.9. The maximum absolute atomic E-state index is 14.4. The van der Waals surface area contributed by atoms with E-state index in [1.165, 1.54) is 14.0 Å². The number of ether oxygens (including phenoxy) is 7. The van der Waals surface area contributed by atoms with Gasteiger partial charge in [0.15, 0.2) is 18.7 Å². The fraction of sp³-hybridized carbons (Fsp3) is 0.953. The van der Waals surface area contributed by atoms with Crippen molar-refractivity contribution in [3.05, 3.63) is 0 Å². The molecule has 0 bridgehead atoms. The summed E-state index contributed by atoms with van der Waals surface area (Å²) < 4.78 is 44.2. The molecule has 0 unspecified atom stereocenters. The number of aliphatic hydroxyl groups excluding tert-OH is 2. The van der Waals surface area contributed by atoms with Crippen LogP contribution in [0.5, 0.6) is 0 Å². The van der Waals surface area contributed by atoms with Crippen LogP contribution in [-0.4, -0.2) is 173 Å². The Hall–Kier alpha value is -1.74. The summed E-state index contributed by atoms with van der Waals surface area (Å²) in [6.07, 6.45) is -9.41. The minimum atomic E-state index is -1.83. The van der Waals surface area contributed by atoms with Crippen molar-refractivity contribution in [3.8, 4) is 0 Å². The summed E-state index contributed by atoms with van der Waals surface area (Å²) in [6.45, 7) is 23.7. The van der Waals surface area contributed by atoms with Crippen LogP contribution in [0.2, 0.25) is 0 Å². The zero-order chi connectivity index (χ0) is 45.9.